The fraction of sp³-hybridized carbons (Fsp3) is 0.760. The van der Waals surface area contributed by atoms with E-state index in [-0.39, 0.29) is 0 Å². The van der Waals surface area contributed by atoms with Gasteiger partial charge in [0.1, 0.15) is 5.75 Å². The Morgan fingerprint density at radius 2 is 1.26 bits per heavy atom. The smallest absolute Gasteiger partial charge is 0.119 e. The van der Waals surface area contributed by atoms with Crippen LogP contribution in [0, 0.1) is 17.8 Å². The molecule has 0 atom stereocenters. The predicted octanol–water partition coefficient (Wildman–Crippen LogP) is 7.07. The van der Waals surface area contributed by atoms with E-state index >= 15 is 0 Å². The van der Waals surface area contributed by atoms with Gasteiger partial charge in [-0.3, -0.25) is 0 Å². The molecule has 0 bridgehead atoms. The SMILES string of the molecule is [B]C1CCC(c2ccc(OC3CCC(C4CCC(C)CC4)CC3)cc2)CC1. The topological polar surface area (TPSA) is 9.23 Å². The van der Waals surface area contributed by atoms with E-state index < -0.39 is 0 Å². The third-order valence-corrected chi connectivity index (χ3v) is 7.87. The fourth-order valence-electron chi connectivity index (χ4n) is 5.90. The number of rotatable bonds is 4. The molecule has 0 heterocycles. The molecule has 1 aromatic rings. The van der Waals surface area contributed by atoms with Crippen LogP contribution in [0.1, 0.15) is 95.5 Å². The highest BCUT2D eigenvalue weighted by Crippen LogP contribution is 2.41. The molecule has 2 radical (unpaired) electrons. The van der Waals surface area contributed by atoms with Gasteiger partial charge in [-0.15, -0.1) is 0 Å². The molecule has 3 aliphatic carbocycles. The molecule has 4 rings (SSSR count). The first-order chi connectivity index (χ1) is 13.2. The van der Waals surface area contributed by atoms with E-state index in [2.05, 4.69) is 31.2 Å². The van der Waals surface area contributed by atoms with Crippen LogP contribution in [0.15, 0.2) is 24.3 Å². The quantitative estimate of drug-likeness (QED) is 0.519. The molecule has 146 valence electrons. The molecular formula is C25H37BO. The Balaban J connectivity index is 1.23. The van der Waals surface area contributed by atoms with Crippen LogP contribution in [0.2, 0.25) is 5.82 Å². The Hall–Kier alpha value is -0.915. The summed E-state index contributed by atoms with van der Waals surface area (Å²) >= 11 is 0. The minimum atomic E-state index is 0.427. The second kappa shape index (κ2) is 9.06. The van der Waals surface area contributed by atoms with Crippen molar-refractivity contribution in [2.24, 2.45) is 17.8 Å². The highest BCUT2D eigenvalue weighted by atomic mass is 16.5. The Morgan fingerprint density at radius 1 is 0.704 bits per heavy atom. The van der Waals surface area contributed by atoms with Gasteiger partial charge in [0.15, 0.2) is 0 Å². The molecule has 0 saturated heterocycles. The maximum absolute atomic E-state index is 6.35. The van der Waals surface area contributed by atoms with Gasteiger partial charge < -0.3 is 4.74 Å². The third-order valence-electron chi connectivity index (χ3n) is 7.87. The summed E-state index contributed by atoms with van der Waals surface area (Å²) in [6.07, 6.45) is 16.4. The molecular weight excluding hydrogens is 327 g/mol. The minimum Gasteiger partial charge on any atom is -0.490 e. The van der Waals surface area contributed by atoms with Crippen LogP contribution in [-0.4, -0.2) is 14.0 Å². The zero-order valence-corrected chi connectivity index (χ0v) is 17.2. The van der Waals surface area contributed by atoms with Crippen molar-refractivity contribution in [3.8, 4) is 5.75 Å². The maximum atomic E-state index is 6.35. The van der Waals surface area contributed by atoms with Crippen molar-refractivity contribution in [3.63, 3.8) is 0 Å². The first-order valence-electron chi connectivity index (χ1n) is 11.7. The standard InChI is InChI=1S/C25H37BO/c1-18-2-4-19(5-3-18)21-8-14-24(15-9-21)27-25-16-10-22(11-17-25)20-6-12-23(26)13-7-20/h10-11,16-21,23-24H,2-9,12-15H2,1H3. The van der Waals surface area contributed by atoms with Crippen molar-refractivity contribution in [1.29, 1.82) is 0 Å². The maximum Gasteiger partial charge on any atom is 0.119 e. The molecule has 3 aliphatic rings. The summed E-state index contributed by atoms with van der Waals surface area (Å²) in [6.45, 7) is 2.43. The summed E-state index contributed by atoms with van der Waals surface area (Å²) in [5.41, 5.74) is 1.48. The van der Waals surface area contributed by atoms with Crippen LogP contribution in [0.5, 0.6) is 5.75 Å². The Morgan fingerprint density at radius 3 is 1.85 bits per heavy atom. The van der Waals surface area contributed by atoms with E-state index in [1.165, 1.54) is 82.6 Å². The van der Waals surface area contributed by atoms with Crippen molar-refractivity contribution in [1.82, 2.24) is 0 Å². The largest absolute Gasteiger partial charge is 0.490 e. The zero-order chi connectivity index (χ0) is 18.6. The van der Waals surface area contributed by atoms with Crippen LogP contribution < -0.4 is 4.74 Å². The molecule has 1 nitrogen and oxygen atoms in total. The summed E-state index contributed by atoms with van der Waals surface area (Å²) in [5.74, 6) is 5.14. The molecule has 0 aromatic heterocycles. The Kier molecular flexibility index (Phi) is 6.51. The van der Waals surface area contributed by atoms with Crippen molar-refractivity contribution in [2.75, 3.05) is 0 Å². The fourth-order valence-corrected chi connectivity index (χ4v) is 5.90. The van der Waals surface area contributed by atoms with E-state index in [1.807, 2.05) is 0 Å². The van der Waals surface area contributed by atoms with E-state index in [9.17, 15) is 0 Å². The van der Waals surface area contributed by atoms with Gasteiger partial charge in [-0.2, -0.15) is 0 Å². The average molecular weight is 364 g/mol. The molecule has 3 fully saturated rings. The van der Waals surface area contributed by atoms with Gasteiger partial charge in [-0.05, 0) is 92.7 Å². The summed E-state index contributed by atoms with van der Waals surface area (Å²) in [5, 5.41) is 0. The van der Waals surface area contributed by atoms with Gasteiger partial charge in [0.2, 0.25) is 0 Å². The lowest BCUT2D eigenvalue weighted by Gasteiger charge is -2.37. The van der Waals surface area contributed by atoms with Crippen molar-refractivity contribution in [3.05, 3.63) is 29.8 Å². The zero-order valence-electron chi connectivity index (χ0n) is 17.2. The monoisotopic (exact) mass is 364 g/mol. The number of benzene rings is 1. The lowest BCUT2D eigenvalue weighted by Crippen LogP contribution is -2.29. The number of hydrogen-bond donors (Lipinski definition) is 0. The van der Waals surface area contributed by atoms with Crippen molar-refractivity contribution >= 4 is 7.85 Å². The molecule has 27 heavy (non-hydrogen) atoms. The first-order valence-corrected chi connectivity index (χ1v) is 11.7. The van der Waals surface area contributed by atoms with Crippen LogP contribution in [0.25, 0.3) is 0 Å². The second-order valence-electron chi connectivity index (χ2n) is 9.86. The number of ether oxygens (including phenoxy) is 1. The van der Waals surface area contributed by atoms with Crippen molar-refractivity contribution in [2.45, 2.75) is 102 Å². The molecule has 0 aliphatic heterocycles. The van der Waals surface area contributed by atoms with Gasteiger partial charge in [0.25, 0.3) is 0 Å². The van der Waals surface area contributed by atoms with Crippen LogP contribution in [0.3, 0.4) is 0 Å². The van der Waals surface area contributed by atoms with Crippen LogP contribution in [-0.2, 0) is 0 Å². The van der Waals surface area contributed by atoms with Crippen LogP contribution >= 0.6 is 0 Å². The second-order valence-corrected chi connectivity index (χ2v) is 9.86. The van der Waals surface area contributed by atoms with E-state index in [1.54, 1.807) is 0 Å². The summed E-state index contributed by atoms with van der Waals surface area (Å²) in [4.78, 5) is 0. The van der Waals surface area contributed by atoms with Gasteiger partial charge in [0, 0.05) is 0 Å². The van der Waals surface area contributed by atoms with Crippen molar-refractivity contribution < 1.29 is 4.74 Å². The predicted molar refractivity (Wildman–Crippen MR) is 115 cm³/mol. The first kappa shape index (κ1) is 19.4. The van der Waals surface area contributed by atoms with Gasteiger partial charge in [0.05, 0.1) is 14.0 Å². The summed E-state index contributed by atoms with van der Waals surface area (Å²) in [6, 6.07) is 9.01. The highest BCUT2D eigenvalue weighted by molar-refractivity contribution is 6.11. The third kappa shape index (κ3) is 5.12. The molecule has 3 saturated carbocycles. The summed E-state index contributed by atoms with van der Waals surface area (Å²) in [7, 11) is 6.05. The van der Waals surface area contributed by atoms with E-state index in [0.717, 1.165) is 23.5 Å². The lowest BCUT2D eigenvalue weighted by molar-refractivity contribution is 0.0936. The molecule has 0 spiro atoms. The van der Waals surface area contributed by atoms with E-state index in [0.29, 0.717) is 17.8 Å². The molecule has 1 aromatic carbocycles. The average Bonchev–Trinajstić information content (AvgIpc) is 2.71. The van der Waals surface area contributed by atoms with Crippen LogP contribution in [0.4, 0.5) is 0 Å². The normalized spacial score (nSPS) is 37.7. The molecule has 2 heteroatoms. The minimum absolute atomic E-state index is 0.427. The highest BCUT2D eigenvalue weighted by Gasteiger charge is 2.30. The molecule has 0 N–H and O–H groups in total. The molecule has 0 unspecified atom stereocenters. The number of hydrogen-bond acceptors (Lipinski definition) is 1. The summed E-state index contributed by atoms with van der Waals surface area (Å²) < 4.78 is 6.35. The molecule has 0 amide bonds. The Labute approximate surface area is 168 Å². The van der Waals surface area contributed by atoms with Gasteiger partial charge >= 0.3 is 0 Å². The van der Waals surface area contributed by atoms with Gasteiger partial charge in [-0.25, -0.2) is 0 Å². The lowest BCUT2D eigenvalue weighted by atomic mass is 9.70. The Bertz CT molecular complexity index is 558. The van der Waals surface area contributed by atoms with Gasteiger partial charge in [-0.1, -0.05) is 50.6 Å². The van der Waals surface area contributed by atoms with E-state index in [4.69, 9.17) is 12.6 Å².